The van der Waals surface area contributed by atoms with E-state index in [9.17, 15) is 0 Å². The average molecular weight is 261 g/mol. The molecule has 0 saturated carbocycles. The highest BCUT2D eigenvalue weighted by Gasteiger charge is 2.06. The first-order chi connectivity index (χ1) is 8.56. The second-order valence-electron chi connectivity index (χ2n) is 4.61. The van der Waals surface area contributed by atoms with Crippen LogP contribution in [0.3, 0.4) is 0 Å². The van der Waals surface area contributed by atoms with Gasteiger partial charge in [0, 0.05) is 24.0 Å². The van der Waals surface area contributed by atoms with Crippen LogP contribution in [0.1, 0.15) is 16.8 Å². The van der Waals surface area contributed by atoms with Crippen LogP contribution in [0.4, 0.5) is 5.69 Å². The Morgan fingerprint density at radius 1 is 1.17 bits per heavy atom. The van der Waals surface area contributed by atoms with Crippen molar-refractivity contribution in [3.05, 3.63) is 58.4 Å². The fourth-order valence-electron chi connectivity index (χ4n) is 2.10. The minimum atomic E-state index is 0.731. The molecule has 0 spiro atoms. The lowest BCUT2D eigenvalue weighted by atomic mass is 10.1. The summed E-state index contributed by atoms with van der Waals surface area (Å²) in [5.41, 5.74) is 4.76. The van der Waals surface area contributed by atoms with E-state index >= 15 is 0 Å². The number of anilines is 1. The summed E-state index contributed by atoms with van der Waals surface area (Å²) in [4.78, 5) is 6.51. The Morgan fingerprint density at radius 2 is 1.94 bits per heavy atom. The van der Waals surface area contributed by atoms with E-state index in [1.807, 2.05) is 6.07 Å². The summed E-state index contributed by atoms with van der Waals surface area (Å²) in [5.74, 6) is 0. The van der Waals surface area contributed by atoms with Gasteiger partial charge in [0.25, 0.3) is 0 Å². The molecule has 2 aromatic rings. The molecule has 1 heterocycles. The predicted molar refractivity (Wildman–Crippen MR) is 77.3 cm³/mol. The SMILES string of the molecule is Cc1ccc(N(C)Cc2cc(Cl)ccn2)c(C)c1. The van der Waals surface area contributed by atoms with Crippen molar-refractivity contribution in [2.45, 2.75) is 20.4 Å². The maximum Gasteiger partial charge on any atom is 0.0611 e. The molecule has 1 aromatic carbocycles. The molecular formula is C15H17ClN2. The smallest absolute Gasteiger partial charge is 0.0611 e. The Bertz CT molecular complexity index is 552. The summed E-state index contributed by atoms with van der Waals surface area (Å²) >= 11 is 5.97. The molecule has 1 aromatic heterocycles. The number of rotatable bonds is 3. The van der Waals surface area contributed by atoms with Crippen LogP contribution in [0.15, 0.2) is 36.5 Å². The lowest BCUT2D eigenvalue weighted by Crippen LogP contribution is -2.18. The standard InChI is InChI=1S/C15H17ClN2/c1-11-4-5-15(12(2)8-11)18(3)10-14-9-13(16)6-7-17-14/h4-9H,10H2,1-3H3. The van der Waals surface area contributed by atoms with Gasteiger partial charge in [-0.3, -0.25) is 4.98 Å². The van der Waals surface area contributed by atoms with Crippen molar-refractivity contribution >= 4 is 17.3 Å². The van der Waals surface area contributed by atoms with E-state index in [0.717, 1.165) is 17.3 Å². The molecule has 0 aliphatic heterocycles. The Hall–Kier alpha value is -1.54. The van der Waals surface area contributed by atoms with E-state index in [-0.39, 0.29) is 0 Å². The fourth-order valence-corrected chi connectivity index (χ4v) is 2.28. The first-order valence-corrected chi connectivity index (χ1v) is 6.33. The quantitative estimate of drug-likeness (QED) is 0.830. The van der Waals surface area contributed by atoms with Crippen LogP contribution in [-0.2, 0) is 6.54 Å². The maximum atomic E-state index is 5.97. The van der Waals surface area contributed by atoms with Gasteiger partial charge in [-0.05, 0) is 37.6 Å². The zero-order valence-corrected chi connectivity index (χ0v) is 11.7. The summed E-state index contributed by atoms with van der Waals surface area (Å²) in [6.07, 6.45) is 1.74. The maximum absolute atomic E-state index is 5.97. The molecule has 0 saturated heterocycles. The van der Waals surface area contributed by atoms with E-state index in [1.165, 1.54) is 16.8 Å². The second-order valence-corrected chi connectivity index (χ2v) is 5.05. The highest BCUT2D eigenvalue weighted by atomic mass is 35.5. The van der Waals surface area contributed by atoms with Gasteiger partial charge < -0.3 is 4.90 Å². The third kappa shape index (κ3) is 3.02. The molecule has 2 nitrogen and oxygen atoms in total. The highest BCUT2D eigenvalue weighted by molar-refractivity contribution is 6.30. The van der Waals surface area contributed by atoms with Crippen molar-refractivity contribution in [2.24, 2.45) is 0 Å². The molecule has 0 bridgehead atoms. The van der Waals surface area contributed by atoms with Gasteiger partial charge >= 0.3 is 0 Å². The number of nitrogens with zero attached hydrogens (tertiary/aromatic N) is 2. The van der Waals surface area contributed by atoms with Crippen molar-refractivity contribution in [1.29, 1.82) is 0 Å². The van der Waals surface area contributed by atoms with Crippen molar-refractivity contribution in [2.75, 3.05) is 11.9 Å². The summed E-state index contributed by atoms with van der Waals surface area (Å²) in [7, 11) is 2.07. The summed E-state index contributed by atoms with van der Waals surface area (Å²) in [6.45, 7) is 4.99. The van der Waals surface area contributed by atoms with Gasteiger partial charge in [0.1, 0.15) is 0 Å². The number of halogens is 1. The molecule has 0 unspecified atom stereocenters. The number of aromatic nitrogens is 1. The average Bonchev–Trinajstić information content (AvgIpc) is 2.28. The van der Waals surface area contributed by atoms with E-state index in [0.29, 0.717) is 0 Å². The minimum Gasteiger partial charge on any atom is -0.368 e. The third-order valence-electron chi connectivity index (χ3n) is 2.94. The molecule has 0 fully saturated rings. The van der Waals surface area contributed by atoms with Gasteiger partial charge in [-0.2, -0.15) is 0 Å². The van der Waals surface area contributed by atoms with Crippen LogP contribution in [0, 0.1) is 13.8 Å². The molecule has 2 rings (SSSR count). The Balaban J connectivity index is 2.19. The minimum absolute atomic E-state index is 0.731. The van der Waals surface area contributed by atoms with Gasteiger partial charge in [0.15, 0.2) is 0 Å². The lowest BCUT2D eigenvalue weighted by molar-refractivity contribution is 0.880. The zero-order valence-electron chi connectivity index (χ0n) is 10.9. The van der Waals surface area contributed by atoms with Crippen LogP contribution in [0.5, 0.6) is 0 Å². The Labute approximate surface area is 113 Å². The normalized spacial score (nSPS) is 10.4. The molecule has 0 aliphatic rings. The van der Waals surface area contributed by atoms with Crippen LogP contribution in [-0.4, -0.2) is 12.0 Å². The van der Waals surface area contributed by atoms with Crippen molar-refractivity contribution in [1.82, 2.24) is 4.98 Å². The molecule has 3 heteroatoms. The Kier molecular flexibility index (Phi) is 3.87. The van der Waals surface area contributed by atoms with Crippen molar-refractivity contribution < 1.29 is 0 Å². The van der Waals surface area contributed by atoms with E-state index in [4.69, 9.17) is 11.6 Å². The molecule has 94 valence electrons. The predicted octanol–water partition coefficient (Wildman–Crippen LogP) is 3.99. The molecule has 0 radical (unpaired) electrons. The highest BCUT2D eigenvalue weighted by Crippen LogP contribution is 2.21. The third-order valence-corrected chi connectivity index (χ3v) is 3.18. The van der Waals surface area contributed by atoms with E-state index in [1.54, 1.807) is 12.3 Å². The van der Waals surface area contributed by atoms with Crippen LogP contribution < -0.4 is 4.90 Å². The molecule has 18 heavy (non-hydrogen) atoms. The van der Waals surface area contributed by atoms with Crippen molar-refractivity contribution in [3.63, 3.8) is 0 Å². The van der Waals surface area contributed by atoms with Gasteiger partial charge in [-0.15, -0.1) is 0 Å². The summed E-state index contributed by atoms with van der Waals surface area (Å²) < 4.78 is 0. The summed E-state index contributed by atoms with van der Waals surface area (Å²) in [5, 5.41) is 0.731. The molecule has 0 aliphatic carbocycles. The van der Waals surface area contributed by atoms with Gasteiger partial charge in [-0.1, -0.05) is 29.3 Å². The molecular weight excluding hydrogens is 244 g/mol. The number of aryl methyl sites for hydroxylation is 2. The molecule has 0 amide bonds. The van der Waals surface area contributed by atoms with Gasteiger partial charge in [0.2, 0.25) is 0 Å². The van der Waals surface area contributed by atoms with Crippen LogP contribution in [0.2, 0.25) is 5.02 Å². The first kappa shape index (κ1) is 12.9. The monoisotopic (exact) mass is 260 g/mol. The number of hydrogen-bond donors (Lipinski definition) is 0. The van der Waals surface area contributed by atoms with Gasteiger partial charge in [-0.25, -0.2) is 0 Å². The second kappa shape index (κ2) is 5.40. The zero-order chi connectivity index (χ0) is 13.1. The number of pyridine rings is 1. The largest absolute Gasteiger partial charge is 0.368 e. The first-order valence-electron chi connectivity index (χ1n) is 5.95. The Morgan fingerprint density at radius 3 is 2.61 bits per heavy atom. The van der Waals surface area contributed by atoms with Gasteiger partial charge in [0.05, 0.1) is 12.2 Å². The van der Waals surface area contributed by atoms with E-state index in [2.05, 4.69) is 49.0 Å². The van der Waals surface area contributed by atoms with Crippen LogP contribution >= 0.6 is 11.6 Å². The van der Waals surface area contributed by atoms with Crippen LogP contribution in [0.25, 0.3) is 0 Å². The summed E-state index contributed by atoms with van der Waals surface area (Å²) in [6, 6.07) is 10.2. The fraction of sp³-hybridized carbons (Fsp3) is 0.267. The topological polar surface area (TPSA) is 16.1 Å². The van der Waals surface area contributed by atoms with E-state index < -0.39 is 0 Å². The lowest BCUT2D eigenvalue weighted by Gasteiger charge is -2.21. The molecule has 0 N–H and O–H groups in total. The number of benzene rings is 1. The van der Waals surface area contributed by atoms with Crippen molar-refractivity contribution in [3.8, 4) is 0 Å². The number of hydrogen-bond acceptors (Lipinski definition) is 2. The molecule has 0 atom stereocenters.